The lowest BCUT2D eigenvalue weighted by Crippen LogP contribution is -2.24. The van der Waals surface area contributed by atoms with Crippen LogP contribution in [0, 0.1) is 0 Å². The summed E-state index contributed by atoms with van der Waals surface area (Å²) in [5.41, 5.74) is 1.54. The van der Waals surface area contributed by atoms with Crippen LogP contribution >= 0.6 is 34.7 Å². The van der Waals surface area contributed by atoms with Gasteiger partial charge in [-0.2, -0.15) is 0 Å². The Morgan fingerprint density at radius 1 is 1.18 bits per heavy atom. The molecule has 10 heteroatoms. The van der Waals surface area contributed by atoms with Crippen molar-refractivity contribution in [1.29, 1.82) is 0 Å². The summed E-state index contributed by atoms with van der Waals surface area (Å²) >= 11 is 8.51. The fraction of sp³-hybridized carbons (Fsp3) is 0.167. The molecule has 1 aromatic carbocycles. The number of anilines is 1. The molecule has 3 rings (SSSR count). The number of carbonyl (C=O) groups is 2. The third-order valence-corrected chi connectivity index (χ3v) is 5.70. The van der Waals surface area contributed by atoms with Crippen LogP contribution in [0.15, 0.2) is 48.8 Å². The van der Waals surface area contributed by atoms with E-state index in [9.17, 15) is 9.59 Å². The second-order valence-electron chi connectivity index (χ2n) is 5.60. The van der Waals surface area contributed by atoms with Gasteiger partial charge in [-0.3, -0.25) is 14.6 Å². The average Bonchev–Trinajstić information content (AvgIpc) is 3.16. The van der Waals surface area contributed by atoms with E-state index >= 15 is 0 Å². The molecule has 0 fully saturated rings. The van der Waals surface area contributed by atoms with Gasteiger partial charge in [0, 0.05) is 35.4 Å². The molecule has 0 aliphatic carbocycles. The summed E-state index contributed by atoms with van der Waals surface area (Å²) < 4.78 is 0. The van der Waals surface area contributed by atoms with E-state index in [0.29, 0.717) is 33.8 Å². The monoisotopic (exact) mass is 433 g/mol. The first-order chi connectivity index (χ1) is 13.6. The molecule has 0 unspecified atom stereocenters. The lowest BCUT2D eigenvalue weighted by Gasteiger charge is -2.04. The molecule has 0 aliphatic rings. The summed E-state index contributed by atoms with van der Waals surface area (Å²) in [6.45, 7) is 0.444. The molecular weight excluding hydrogens is 418 g/mol. The zero-order chi connectivity index (χ0) is 19.8. The Hall–Kier alpha value is -2.49. The number of aromatic nitrogens is 3. The number of carbonyl (C=O) groups excluding carboxylic acids is 2. The first-order valence-corrected chi connectivity index (χ1v) is 10.6. The van der Waals surface area contributed by atoms with Gasteiger partial charge in [0.25, 0.3) is 5.91 Å². The molecular formula is C18H16ClN5O2S2. The predicted octanol–water partition coefficient (Wildman–Crippen LogP) is 3.39. The second-order valence-corrected chi connectivity index (χ2v) is 8.08. The molecule has 0 saturated heterocycles. The number of thioether (sulfide) groups is 1. The van der Waals surface area contributed by atoms with Gasteiger partial charge in [0.05, 0.1) is 5.75 Å². The fourth-order valence-electron chi connectivity index (χ4n) is 2.14. The highest BCUT2D eigenvalue weighted by Gasteiger charge is 2.13. The van der Waals surface area contributed by atoms with E-state index in [1.165, 1.54) is 23.1 Å². The fourth-order valence-corrected chi connectivity index (χ4v) is 3.97. The van der Waals surface area contributed by atoms with E-state index in [2.05, 4.69) is 25.8 Å². The van der Waals surface area contributed by atoms with Crippen molar-refractivity contribution in [3.63, 3.8) is 0 Å². The van der Waals surface area contributed by atoms with Crippen LogP contribution in [-0.4, -0.2) is 32.7 Å². The highest BCUT2D eigenvalue weighted by atomic mass is 35.5. The minimum Gasteiger partial charge on any atom is -0.351 e. The zero-order valence-corrected chi connectivity index (χ0v) is 17.0. The van der Waals surface area contributed by atoms with Gasteiger partial charge < -0.3 is 10.6 Å². The SMILES string of the molecule is O=C(CSCc1nnc(C(=O)Nc2cccc(Cl)c2)s1)NCc1cccnc1. The van der Waals surface area contributed by atoms with E-state index in [1.54, 1.807) is 36.7 Å². The molecule has 28 heavy (non-hydrogen) atoms. The van der Waals surface area contributed by atoms with Gasteiger partial charge in [0.2, 0.25) is 10.9 Å². The zero-order valence-electron chi connectivity index (χ0n) is 14.6. The van der Waals surface area contributed by atoms with E-state index in [0.717, 1.165) is 5.56 Å². The summed E-state index contributed by atoms with van der Waals surface area (Å²) in [4.78, 5) is 28.1. The van der Waals surface area contributed by atoms with Crippen LogP contribution in [0.1, 0.15) is 20.4 Å². The summed E-state index contributed by atoms with van der Waals surface area (Å²) in [5.74, 6) is 0.384. The van der Waals surface area contributed by atoms with Crippen molar-refractivity contribution < 1.29 is 9.59 Å². The van der Waals surface area contributed by atoms with Crippen molar-refractivity contribution in [3.8, 4) is 0 Å². The molecule has 0 bridgehead atoms. The Bertz CT molecular complexity index is 952. The van der Waals surface area contributed by atoms with Crippen molar-refractivity contribution in [2.24, 2.45) is 0 Å². The molecule has 2 aromatic heterocycles. The van der Waals surface area contributed by atoms with Crippen LogP contribution < -0.4 is 10.6 Å². The number of halogens is 1. The highest BCUT2D eigenvalue weighted by Crippen LogP contribution is 2.19. The minimum absolute atomic E-state index is 0.0720. The molecule has 2 amide bonds. The van der Waals surface area contributed by atoms with E-state index in [4.69, 9.17) is 11.6 Å². The molecule has 0 saturated carbocycles. The van der Waals surface area contributed by atoms with Crippen LogP contribution in [0.2, 0.25) is 5.02 Å². The van der Waals surface area contributed by atoms with Crippen LogP contribution in [-0.2, 0) is 17.1 Å². The van der Waals surface area contributed by atoms with Crippen molar-refractivity contribution in [1.82, 2.24) is 20.5 Å². The molecule has 7 nitrogen and oxygen atoms in total. The number of hydrogen-bond acceptors (Lipinski definition) is 7. The molecule has 0 spiro atoms. The molecule has 0 radical (unpaired) electrons. The minimum atomic E-state index is -0.342. The van der Waals surface area contributed by atoms with Gasteiger partial charge in [-0.25, -0.2) is 0 Å². The first-order valence-electron chi connectivity index (χ1n) is 8.23. The largest absolute Gasteiger partial charge is 0.351 e. The lowest BCUT2D eigenvalue weighted by atomic mass is 10.3. The van der Waals surface area contributed by atoms with Crippen molar-refractivity contribution >= 4 is 52.2 Å². The Morgan fingerprint density at radius 3 is 2.86 bits per heavy atom. The van der Waals surface area contributed by atoms with Gasteiger partial charge in [-0.05, 0) is 29.8 Å². The Labute approximate surface area is 174 Å². The molecule has 2 heterocycles. The standard InChI is InChI=1S/C18H16ClN5O2S2/c19-13-4-1-5-14(7-13)22-17(26)18-24-23-16(28-18)11-27-10-15(25)21-9-12-3-2-6-20-8-12/h1-8H,9-11H2,(H,21,25)(H,22,26). The molecule has 144 valence electrons. The van der Waals surface area contributed by atoms with Crippen LogP contribution in [0.25, 0.3) is 0 Å². The molecule has 3 aromatic rings. The maximum atomic E-state index is 12.2. The van der Waals surface area contributed by atoms with Gasteiger partial charge in [0.15, 0.2) is 0 Å². The maximum Gasteiger partial charge on any atom is 0.286 e. The number of rotatable bonds is 8. The van der Waals surface area contributed by atoms with Crippen molar-refractivity contribution in [2.45, 2.75) is 12.3 Å². The predicted molar refractivity (Wildman–Crippen MR) is 112 cm³/mol. The number of benzene rings is 1. The smallest absolute Gasteiger partial charge is 0.286 e. The normalized spacial score (nSPS) is 10.5. The van der Waals surface area contributed by atoms with Crippen molar-refractivity contribution in [3.05, 3.63) is 69.4 Å². The Balaban J connectivity index is 1.41. The average molecular weight is 434 g/mol. The molecule has 0 atom stereocenters. The quantitative estimate of drug-likeness (QED) is 0.565. The first kappa shape index (κ1) is 20.2. The second kappa shape index (κ2) is 10.2. The van der Waals surface area contributed by atoms with E-state index in [1.807, 2.05) is 12.1 Å². The summed E-state index contributed by atoms with van der Waals surface area (Å²) in [6.07, 6.45) is 3.40. The Morgan fingerprint density at radius 2 is 2.07 bits per heavy atom. The third kappa shape index (κ3) is 6.29. The number of amides is 2. The van der Waals surface area contributed by atoms with E-state index < -0.39 is 0 Å². The van der Waals surface area contributed by atoms with Crippen LogP contribution in [0.4, 0.5) is 5.69 Å². The van der Waals surface area contributed by atoms with Gasteiger partial charge in [-0.15, -0.1) is 22.0 Å². The maximum absolute atomic E-state index is 12.2. The third-order valence-electron chi connectivity index (χ3n) is 3.41. The topological polar surface area (TPSA) is 96.9 Å². The summed E-state index contributed by atoms with van der Waals surface area (Å²) in [7, 11) is 0. The van der Waals surface area contributed by atoms with Crippen molar-refractivity contribution in [2.75, 3.05) is 11.1 Å². The number of hydrogen-bond donors (Lipinski definition) is 2. The number of nitrogens with one attached hydrogen (secondary N) is 2. The van der Waals surface area contributed by atoms with Crippen LogP contribution in [0.5, 0.6) is 0 Å². The van der Waals surface area contributed by atoms with Gasteiger partial charge >= 0.3 is 0 Å². The van der Waals surface area contributed by atoms with E-state index in [-0.39, 0.29) is 16.8 Å². The molecule has 2 N–H and O–H groups in total. The Kier molecular flexibility index (Phi) is 7.35. The summed E-state index contributed by atoms with van der Waals surface area (Å²) in [6, 6.07) is 10.6. The highest BCUT2D eigenvalue weighted by molar-refractivity contribution is 7.99. The summed E-state index contributed by atoms with van der Waals surface area (Å²) in [5, 5.41) is 15.0. The number of pyridine rings is 1. The van der Waals surface area contributed by atoms with Crippen LogP contribution in [0.3, 0.4) is 0 Å². The van der Waals surface area contributed by atoms with Gasteiger partial charge in [-0.1, -0.05) is 35.1 Å². The molecule has 0 aliphatic heterocycles. The lowest BCUT2D eigenvalue weighted by molar-refractivity contribution is -0.118. The number of nitrogens with zero attached hydrogens (tertiary/aromatic N) is 3. The van der Waals surface area contributed by atoms with Gasteiger partial charge in [0.1, 0.15) is 5.01 Å².